The van der Waals surface area contributed by atoms with Crippen LogP contribution < -0.4 is 4.80 Å². The quantitative estimate of drug-likeness (QED) is 0.433. The van der Waals surface area contributed by atoms with E-state index >= 15 is 0 Å². The Morgan fingerprint density at radius 2 is 1.84 bits per heavy atom. The first-order valence-electron chi connectivity index (χ1n) is 9.59. The second kappa shape index (κ2) is 10.7. The largest absolute Gasteiger partial charge is 0.383 e. The van der Waals surface area contributed by atoms with Crippen LogP contribution >= 0.6 is 34.5 Å². The fourth-order valence-electron chi connectivity index (χ4n) is 3.09. The van der Waals surface area contributed by atoms with Gasteiger partial charge in [-0.1, -0.05) is 64.9 Å². The summed E-state index contributed by atoms with van der Waals surface area (Å²) in [6, 6.07) is 12.4. The normalized spacial score (nSPS) is 12.5. The molecule has 31 heavy (non-hydrogen) atoms. The number of carbonyl (C=O) groups is 1. The summed E-state index contributed by atoms with van der Waals surface area (Å²) in [6.07, 6.45) is 0.246. The third-order valence-electron chi connectivity index (χ3n) is 4.54. The number of carbonyl (C=O) groups excluding carboxylic acids is 1. The van der Waals surface area contributed by atoms with Crippen LogP contribution in [0.4, 0.5) is 0 Å². The van der Waals surface area contributed by atoms with Gasteiger partial charge in [-0.2, -0.15) is 4.99 Å². The molecule has 0 spiro atoms. The highest BCUT2D eigenvalue weighted by Gasteiger charge is 2.15. The summed E-state index contributed by atoms with van der Waals surface area (Å²) in [5.74, 6) is -0.500. The number of hydrogen-bond donors (Lipinski definition) is 0. The molecule has 166 valence electrons. The number of amides is 1. The van der Waals surface area contributed by atoms with Crippen LogP contribution in [0.1, 0.15) is 18.4 Å². The summed E-state index contributed by atoms with van der Waals surface area (Å²) in [7, 11) is -1.72. The molecule has 1 aromatic heterocycles. The zero-order chi connectivity index (χ0) is 22.4. The van der Waals surface area contributed by atoms with E-state index in [2.05, 4.69) is 4.99 Å². The number of ether oxygens (including phenoxy) is 1. The van der Waals surface area contributed by atoms with Crippen molar-refractivity contribution in [1.29, 1.82) is 0 Å². The number of benzene rings is 2. The molecule has 2 aromatic carbocycles. The number of methoxy groups -OCH3 is 1. The van der Waals surface area contributed by atoms with E-state index in [1.54, 1.807) is 43.5 Å². The van der Waals surface area contributed by atoms with Crippen molar-refractivity contribution < 1.29 is 17.9 Å². The standard InChI is InChI=1S/C21H22Cl2N2O4S2/c1-29-12-11-25-19-16(22)9-10-17(23)20(19)30-21(25)24-18(26)8-5-13-31(27,28)14-15-6-3-2-4-7-15/h2-4,6-7,9-10H,5,8,11-14H2,1H3. The van der Waals surface area contributed by atoms with Gasteiger partial charge < -0.3 is 9.30 Å². The first kappa shape index (κ1) is 23.9. The number of nitrogens with zero attached hydrogens (tertiary/aromatic N) is 2. The minimum Gasteiger partial charge on any atom is -0.383 e. The van der Waals surface area contributed by atoms with Gasteiger partial charge >= 0.3 is 0 Å². The molecule has 0 bridgehead atoms. The Bertz CT molecular complexity index is 1240. The van der Waals surface area contributed by atoms with Crippen LogP contribution in [-0.4, -0.2) is 38.4 Å². The Labute approximate surface area is 195 Å². The van der Waals surface area contributed by atoms with E-state index < -0.39 is 9.84 Å². The molecule has 0 aliphatic heterocycles. The van der Waals surface area contributed by atoms with Gasteiger partial charge in [-0.3, -0.25) is 4.79 Å². The molecule has 0 fully saturated rings. The number of sulfone groups is 1. The lowest BCUT2D eigenvalue weighted by atomic mass is 10.2. The average molecular weight is 501 g/mol. The van der Waals surface area contributed by atoms with Crippen LogP contribution in [0.5, 0.6) is 0 Å². The number of halogens is 2. The molecule has 6 nitrogen and oxygen atoms in total. The zero-order valence-electron chi connectivity index (χ0n) is 16.9. The Kier molecular flexibility index (Phi) is 8.30. The number of aromatic nitrogens is 1. The average Bonchev–Trinajstić information content (AvgIpc) is 3.08. The maximum absolute atomic E-state index is 12.5. The Morgan fingerprint density at radius 1 is 1.13 bits per heavy atom. The first-order chi connectivity index (χ1) is 14.8. The minimum atomic E-state index is -3.30. The van der Waals surface area contributed by atoms with E-state index in [1.807, 2.05) is 10.6 Å². The lowest BCUT2D eigenvalue weighted by Crippen LogP contribution is -2.19. The lowest BCUT2D eigenvalue weighted by molar-refractivity contribution is -0.118. The summed E-state index contributed by atoms with van der Waals surface area (Å²) < 4.78 is 32.3. The highest BCUT2D eigenvalue weighted by Crippen LogP contribution is 2.31. The van der Waals surface area contributed by atoms with Crippen molar-refractivity contribution >= 4 is 60.5 Å². The highest BCUT2D eigenvalue weighted by atomic mass is 35.5. The highest BCUT2D eigenvalue weighted by molar-refractivity contribution is 7.90. The molecule has 0 aliphatic carbocycles. The minimum absolute atomic E-state index is 0.0357. The van der Waals surface area contributed by atoms with Gasteiger partial charge in [0.25, 0.3) is 0 Å². The van der Waals surface area contributed by atoms with Gasteiger partial charge in [0, 0.05) is 20.1 Å². The SMILES string of the molecule is COCCn1c(=NC(=O)CCCS(=O)(=O)Cc2ccccc2)sc2c(Cl)ccc(Cl)c21. The third kappa shape index (κ3) is 6.40. The molecule has 1 heterocycles. The Hall–Kier alpha value is -1.71. The number of thiazole rings is 1. The van der Waals surface area contributed by atoms with Gasteiger partial charge in [0.15, 0.2) is 14.6 Å². The molecule has 0 radical (unpaired) electrons. The number of hydrogen-bond acceptors (Lipinski definition) is 5. The van der Waals surface area contributed by atoms with Crippen molar-refractivity contribution in [3.8, 4) is 0 Å². The van der Waals surface area contributed by atoms with Gasteiger partial charge in [0.2, 0.25) is 5.91 Å². The topological polar surface area (TPSA) is 77.7 Å². The van der Waals surface area contributed by atoms with E-state index in [4.69, 9.17) is 27.9 Å². The van der Waals surface area contributed by atoms with Crippen LogP contribution in [0.25, 0.3) is 10.2 Å². The molecular formula is C21H22Cl2N2O4S2. The molecular weight excluding hydrogens is 479 g/mol. The predicted molar refractivity (Wildman–Crippen MR) is 125 cm³/mol. The molecule has 0 unspecified atom stereocenters. The summed E-state index contributed by atoms with van der Waals surface area (Å²) in [5, 5.41) is 1.03. The van der Waals surface area contributed by atoms with Crippen molar-refractivity contribution in [3.63, 3.8) is 0 Å². The van der Waals surface area contributed by atoms with Gasteiger partial charge in [0.05, 0.1) is 38.4 Å². The van der Waals surface area contributed by atoms with Crippen LogP contribution in [0, 0.1) is 0 Å². The maximum atomic E-state index is 12.5. The number of fused-ring (bicyclic) bond motifs is 1. The van der Waals surface area contributed by atoms with E-state index in [9.17, 15) is 13.2 Å². The molecule has 0 atom stereocenters. The summed E-state index contributed by atoms with van der Waals surface area (Å²) >= 11 is 13.9. The molecule has 10 heteroatoms. The van der Waals surface area contributed by atoms with E-state index in [0.29, 0.717) is 33.5 Å². The summed E-state index contributed by atoms with van der Waals surface area (Å²) in [6.45, 7) is 0.863. The summed E-state index contributed by atoms with van der Waals surface area (Å²) in [4.78, 5) is 17.1. The van der Waals surface area contributed by atoms with Gasteiger partial charge in [-0.15, -0.1) is 0 Å². The Balaban J connectivity index is 1.74. The molecule has 3 aromatic rings. The predicted octanol–water partition coefficient (Wildman–Crippen LogP) is 4.48. The fourth-order valence-corrected chi connectivity index (χ4v) is 6.21. The number of rotatable bonds is 9. The second-order valence-electron chi connectivity index (χ2n) is 6.92. The fraction of sp³-hybridized carbons (Fsp3) is 0.333. The van der Waals surface area contributed by atoms with Gasteiger partial charge in [-0.05, 0) is 24.1 Å². The lowest BCUT2D eigenvalue weighted by Gasteiger charge is -2.06. The van der Waals surface area contributed by atoms with Crippen LogP contribution in [0.2, 0.25) is 10.0 Å². The molecule has 0 aliphatic rings. The molecule has 3 rings (SSSR count). The van der Waals surface area contributed by atoms with Crippen LogP contribution in [-0.2, 0) is 31.7 Å². The van der Waals surface area contributed by atoms with Crippen molar-refractivity contribution in [2.75, 3.05) is 19.5 Å². The van der Waals surface area contributed by atoms with E-state index in [0.717, 1.165) is 10.3 Å². The molecule has 0 saturated heterocycles. The zero-order valence-corrected chi connectivity index (χ0v) is 20.0. The van der Waals surface area contributed by atoms with Crippen molar-refractivity contribution in [1.82, 2.24) is 4.57 Å². The van der Waals surface area contributed by atoms with Gasteiger partial charge in [0.1, 0.15) is 0 Å². The third-order valence-corrected chi connectivity index (χ3v) is 8.07. The van der Waals surface area contributed by atoms with Crippen LogP contribution in [0.15, 0.2) is 47.5 Å². The van der Waals surface area contributed by atoms with Gasteiger partial charge in [-0.25, -0.2) is 8.42 Å². The summed E-state index contributed by atoms with van der Waals surface area (Å²) in [5.41, 5.74) is 1.44. The maximum Gasteiger partial charge on any atom is 0.248 e. The second-order valence-corrected chi connectivity index (χ2v) is 10.9. The molecule has 1 amide bonds. The Morgan fingerprint density at radius 3 is 2.55 bits per heavy atom. The smallest absolute Gasteiger partial charge is 0.248 e. The molecule has 0 saturated carbocycles. The van der Waals surface area contributed by atoms with E-state index in [1.165, 1.54) is 11.3 Å². The van der Waals surface area contributed by atoms with Crippen LogP contribution in [0.3, 0.4) is 0 Å². The van der Waals surface area contributed by atoms with Crippen molar-refractivity contribution in [2.45, 2.75) is 25.1 Å². The van der Waals surface area contributed by atoms with Crippen molar-refractivity contribution in [3.05, 3.63) is 62.9 Å². The van der Waals surface area contributed by atoms with E-state index in [-0.39, 0.29) is 30.3 Å². The first-order valence-corrected chi connectivity index (χ1v) is 13.0. The van der Waals surface area contributed by atoms with Crippen molar-refractivity contribution in [2.24, 2.45) is 4.99 Å². The monoisotopic (exact) mass is 500 g/mol. The molecule has 0 N–H and O–H groups in total.